The second-order valence-electron chi connectivity index (χ2n) is 4.80. The normalized spacial score (nSPS) is 11.9. The van der Waals surface area contributed by atoms with Gasteiger partial charge in [0.1, 0.15) is 12.0 Å². The van der Waals surface area contributed by atoms with Crippen molar-refractivity contribution in [1.82, 2.24) is 0 Å². The van der Waals surface area contributed by atoms with Crippen molar-refractivity contribution in [2.75, 3.05) is 13.7 Å². The van der Waals surface area contributed by atoms with E-state index in [0.29, 0.717) is 25.6 Å². The number of rotatable bonds is 9. The molecule has 0 bridgehead atoms. The number of carbonyl (C=O) groups is 1. The van der Waals surface area contributed by atoms with E-state index in [1.807, 2.05) is 31.2 Å². The Morgan fingerprint density at radius 2 is 2.05 bits per heavy atom. The SMILES string of the molecule is C=C(COCc1ccc(OC)cc1)C[C@@H](C)CC=O. The van der Waals surface area contributed by atoms with Crippen molar-refractivity contribution in [2.45, 2.75) is 26.4 Å². The molecule has 0 aliphatic carbocycles. The maximum absolute atomic E-state index is 10.4. The van der Waals surface area contributed by atoms with E-state index in [-0.39, 0.29) is 0 Å². The van der Waals surface area contributed by atoms with Gasteiger partial charge in [0.05, 0.1) is 20.3 Å². The highest BCUT2D eigenvalue weighted by molar-refractivity contribution is 5.49. The molecule has 0 aliphatic heterocycles. The molecule has 0 heterocycles. The van der Waals surface area contributed by atoms with E-state index in [1.54, 1.807) is 7.11 Å². The first-order chi connectivity index (χ1) is 9.15. The molecule has 19 heavy (non-hydrogen) atoms. The zero-order chi connectivity index (χ0) is 14.1. The van der Waals surface area contributed by atoms with Crippen LogP contribution in [0, 0.1) is 5.92 Å². The third-order valence-corrected chi connectivity index (χ3v) is 2.87. The molecular weight excluding hydrogens is 240 g/mol. The van der Waals surface area contributed by atoms with Crippen molar-refractivity contribution in [3.8, 4) is 5.75 Å². The van der Waals surface area contributed by atoms with Crippen LogP contribution < -0.4 is 4.74 Å². The zero-order valence-corrected chi connectivity index (χ0v) is 11.7. The van der Waals surface area contributed by atoms with Gasteiger partial charge in [-0.05, 0) is 30.0 Å². The van der Waals surface area contributed by atoms with E-state index >= 15 is 0 Å². The molecule has 3 nitrogen and oxygen atoms in total. The largest absolute Gasteiger partial charge is 0.497 e. The van der Waals surface area contributed by atoms with Gasteiger partial charge in [0.2, 0.25) is 0 Å². The highest BCUT2D eigenvalue weighted by Crippen LogP contribution is 2.15. The fourth-order valence-corrected chi connectivity index (χ4v) is 1.83. The molecular formula is C16H22O3. The van der Waals surface area contributed by atoms with Crippen molar-refractivity contribution in [2.24, 2.45) is 5.92 Å². The van der Waals surface area contributed by atoms with Gasteiger partial charge in [-0.2, -0.15) is 0 Å². The number of hydrogen-bond acceptors (Lipinski definition) is 3. The smallest absolute Gasteiger partial charge is 0.120 e. The number of carbonyl (C=O) groups excluding carboxylic acids is 1. The summed E-state index contributed by atoms with van der Waals surface area (Å²) in [6.07, 6.45) is 2.37. The summed E-state index contributed by atoms with van der Waals surface area (Å²) < 4.78 is 10.7. The molecule has 0 amide bonds. The van der Waals surface area contributed by atoms with E-state index in [2.05, 4.69) is 6.58 Å². The highest BCUT2D eigenvalue weighted by atomic mass is 16.5. The monoisotopic (exact) mass is 262 g/mol. The van der Waals surface area contributed by atoms with Gasteiger partial charge in [-0.25, -0.2) is 0 Å². The lowest BCUT2D eigenvalue weighted by molar-refractivity contribution is -0.108. The molecule has 0 unspecified atom stereocenters. The van der Waals surface area contributed by atoms with Crippen molar-refractivity contribution in [1.29, 1.82) is 0 Å². The Kier molecular flexibility index (Phi) is 6.90. The third-order valence-electron chi connectivity index (χ3n) is 2.87. The molecule has 1 aromatic carbocycles. The lowest BCUT2D eigenvalue weighted by atomic mass is 10.0. The summed E-state index contributed by atoms with van der Waals surface area (Å²) in [5, 5.41) is 0. The number of ether oxygens (including phenoxy) is 2. The average molecular weight is 262 g/mol. The summed E-state index contributed by atoms with van der Waals surface area (Å²) in [6.45, 7) is 7.12. The topological polar surface area (TPSA) is 35.5 Å². The van der Waals surface area contributed by atoms with Gasteiger partial charge in [0.15, 0.2) is 0 Å². The Labute approximate surface area is 115 Å². The summed E-state index contributed by atoms with van der Waals surface area (Å²) >= 11 is 0. The van der Waals surface area contributed by atoms with Crippen molar-refractivity contribution < 1.29 is 14.3 Å². The minimum Gasteiger partial charge on any atom is -0.497 e. The minimum absolute atomic E-state index is 0.342. The maximum Gasteiger partial charge on any atom is 0.120 e. The fourth-order valence-electron chi connectivity index (χ4n) is 1.83. The number of aldehydes is 1. The number of benzene rings is 1. The van der Waals surface area contributed by atoms with E-state index in [9.17, 15) is 4.79 Å². The Balaban J connectivity index is 2.25. The molecule has 1 atom stereocenters. The molecule has 1 aromatic rings. The van der Waals surface area contributed by atoms with E-state index in [0.717, 1.165) is 29.6 Å². The molecule has 0 aromatic heterocycles. The first-order valence-corrected chi connectivity index (χ1v) is 6.46. The van der Waals surface area contributed by atoms with Gasteiger partial charge in [-0.15, -0.1) is 0 Å². The predicted octanol–water partition coefficient (Wildman–Crippen LogP) is 3.38. The molecule has 0 radical (unpaired) electrons. The van der Waals surface area contributed by atoms with Crippen LogP contribution in [0.2, 0.25) is 0 Å². The van der Waals surface area contributed by atoms with Gasteiger partial charge in [-0.1, -0.05) is 31.2 Å². The molecule has 0 N–H and O–H groups in total. The Bertz CT molecular complexity index is 395. The minimum atomic E-state index is 0.342. The standard InChI is InChI=1S/C16H22O3/c1-13(8-9-17)10-14(2)11-19-12-15-4-6-16(18-3)7-5-15/h4-7,9,13H,2,8,10-12H2,1,3H3/t13-/m0/s1. The van der Waals surface area contributed by atoms with Crippen LogP contribution in [0.15, 0.2) is 36.4 Å². The summed E-state index contributed by atoms with van der Waals surface area (Å²) in [5.74, 6) is 1.19. The van der Waals surface area contributed by atoms with Gasteiger partial charge >= 0.3 is 0 Å². The zero-order valence-electron chi connectivity index (χ0n) is 11.7. The summed E-state index contributed by atoms with van der Waals surface area (Å²) in [4.78, 5) is 10.4. The molecule has 104 valence electrons. The van der Waals surface area contributed by atoms with Crippen LogP contribution in [0.1, 0.15) is 25.3 Å². The molecule has 0 spiro atoms. The van der Waals surface area contributed by atoms with Gasteiger partial charge in [-0.3, -0.25) is 0 Å². The van der Waals surface area contributed by atoms with Gasteiger partial charge in [0.25, 0.3) is 0 Å². The molecule has 0 saturated carbocycles. The predicted molar refractivity (Wildman–Crippen MR) is 76.3 cm³/mol. The van der Waals surface area contributed by atoms with E-state index in [1.165, 1.54) is 0 Å². The number of hydrogen-bond donors (Lipinski definition) is 0. The van der Waals surface area contributed by atoms with Crippen molar-refractivity contribution in [3.05, 3.63) is 42.0 Å². The van der Waals surface area contributed by atoms with Crippen LogP contribution in [0.25, 0.3) is 0 Å². The quantitative estimate of drug-likeness (QED) is 0.505. The van der Waals surface area contributed by atoms with Crippen LogP contribution in [-0.4, -0.2) is 20.0 Å². The molecule has 1 rings (SSSR count). The molecule has 0 aliphatic rings. The van der Waals surface area contributed by atoms with Gasteiger partial charge in [0, 0.05) is 6.42 Å². The fraction of sp³-hybridized carbons (Fsp3) is 0.438. The van der Waals surface area contributed by atoms with Gasteiger partial charge < -0.3 is 14.3 Å². The lowest BCUT2D eigenvalue weighted by Gasteiger charge is -2.11. The van der Waals surface area contributed by atoms with Crippen molar-refractivity contribution in [3.63, 3.8) is 0 Å². The van der Waals surface area contributed by atoms with Crippen LogP contribution >= 0.6 is 0 Å². The molecule has 0 fully saturated rings. The average Bonchev–Trinajstić information content (AvgIpc) is 2.39. The van der Waals surface area contributed by atoms with Crippen LogP contribution in [0.3, 0.4) is 0 Å². The summed E-state index contributed by atoms with van der Waals surface area (Å²) in [5.41, 5.74) is 2.14. The Hall–Kier alpha value is -1.61. The van der Waals surface area contributed by atoms with E-state index in [4.69, 9.17) is 9.47 Å². The lowest BCUT2D eigenvalue weighted by Crippen LogP contribution is -2.03. The highest BCUT2D eigenvalue weighted by Gasteiger charge is 2.04. The first-order valence-electron chi connectivity index (χ1n) is 6.46. The van der Waals surface area contributed by atoms with Crippen molar-refractivity contribution >= 4 is 6.29 Å². The Morgan fingerprint density at radius 1 is 1.37 bits per heavy atom. The maximum atomic E-state index is 10.4. The molecule has 0 saturated heterocycles. The third kappa shape index (κ3) is 6.20. The molecule has 3 heteroatoms. The number of methoxy groups -OCH3 is 1. The first kappa shape index (κ1) is 15.4. The van der Waals surface area contributed by atoms with Crippen LogP contribution in [0.4, 0.5) is 0 Å². The second-order valence-corrected chi connectivity index (χ2v) is 4.80. The Morgan fingerprint density at radius 3 is 2.63 bits per heavy atom. The summed E-state index contributed by atoms with van der Waals surface area (Å²) in [6, 6.07) is 7.80. The second kappa shape index (κ2) is 8.48. The van der Waals surface area contributed by atoms with E-state index < -0.39 is 0 Å². The summed E-state index contributed by atoms with van der Waals surface area (Å²) in [7, 11) is 1.65. The van der Waals surface area contributed by atoms with Crippen LogP contribution in [0.5, 0.6) is 5.75 Å². The van der Waals surface area contributed by atoms with Crippen LogP contribution in [-0.2, 0) is 16.1 Å².